The van der Waals surface area contributed by atoms with Gasteiger partial charge in [-0.2, -0.15) is 0 Å². The van der Waals surface area contributed by atoms with Crippen molar-refractivity contribution in [3.63, 3.8) is 0 Å². The molecule has 5 nitrogen and oxygen atoms in total. The number of benzene rings is 1. The normalized spacial score (nSPS) is 13.2. The number of ether oxygens (including phenoxy) is 3. The van der Waals surface area contributed by atoms with E-state index in [0.29, 0.717) is 29.6 Å². The Kier molecular flexibility index (Phi) is 3.79. The molecule has 2 heterocycles. The number of esters is 1. The van der Waals surface area contributed by atoms with Crippen LogP contribution in [0.2, 0.25) is 0 Å². The number of fused-ring (bicyclic) bond motifs is 2. The van der Waals surface area contributed by atoms with Gasteiger partial charge in [-0.15, -0.1) is 11.3 Å². The highest BCUT2D eigenvalue weighted by atomic mass is 32.1. The van der Waals surface area contributed by atoms with Crippen LogP contribution in [0.1, 0.15) is 22.5 Å². The SMILES string of the molecule is COC(=O)CCC(=O)c1cc2cc3c(cc2s1)OCCO3. The van der Waals surface area contributed by atoms with E-state index in [1.54, 1.807) is 0 Å². The maximum Gasteiger partial charge on any atom is 0.305 e. The van der Waals surface area contributed by atoms with Crippen molar-refractivity contribution >= 4 is 33.2 Å². The fourth-order valence-corrected chi connectivity index (χ4v) is 3.19. The van der Waals surface area contributed by atoms with E-state index in [4.69, 9.17) is 9.47 Å². The number of ketones is 1. The molecule has 0 unspecified atom stereocenters. The van der Waals surface area contributed by atoms with Crippen molar-refractivity contribution in [3.05, 3.63) is 23.1 Å². The molecule has 0 saturated carbocycles. The molecule has 0 spiro atoms. The smallest absolute Gasteiger partial charge is 0.305 e. The first-order valence-electron chi connectivity index (χ1n) is 6.60. The van der Waals surface area contributed by atoms with Crippen LogP contribution in [-0.2, 0) is 9.53 Å². The van der Waals surface area contributed by atoms with E-state index >= 15 is 0 Å². The van der Waals surface area contributed by atoms with Gasteiger partial charge in [-0.1, -0.05) is 0 Å². The summed E-state index contributed by atoms with van der Waals surface area (Å²) in [6.07, 6.45) is 0.262. The Morgan fingerprint density at radius 1 is 1.14 bits per heavy atom. The molecule has 3 rings (SSSR count). The zero-order valence-electron chi connectivity index (χ0n) is 11.5. The quantitative estimate of drug-likeness (QED) is 0.642. The highest BCUT2D eigenvalue weighted by molar-refractivity contribution is 7.20. The first-order chi connectivity index (χ1) is 10.2. The van der Waals surface area contributed by atoms with Gasteiger partial charge in [0.2, 0.25) is 0 Å². The number of rotatable bonds is 4. The zero-order chi connectivity index (χ0) is 14.8. The Hall–Kier alpha value is -2.08. The van der Waals surface area contributed by atoms with Crippen LogP contribution in [0.3, 0.4) is 0 Å². The fraction of sp³-hybridized carbons (Fsp3) is 0.333. The predicted octanol–water partition coefficient (Wildman–Crippen LogP) is 2.81. The van der Waals surface area contributed by atoms with Gasteiger partial charge in [0.05, 0.1) is 18.4 Å². The lowest BCUT2D eigenvalue weighted by atomic mass is 10.1. The van der Waals surface area contributed by atoms with Gasteiger partial charge in [0, 0.05) is 17.2 Å². The lowest BCUT2D eigenvalue weighted by molar-refractivity contribution is -0.140. The van der Waals surface area contributed by atoms with Crippen molar-refractivity contribution in [2.45, 2.75) is 12.8 Å². The number of carbonyl (C=O) groups is 2. The number of carbonyl (C=O) groups excluding carboxylic acids is 2. The van der Waals surface area contributed by atoms with Gasteiger partial charge in [-0.05, 0) is 17.5 Å². The van der Waals surface area contributed by atoms with Crippen molar-refractivity contribution in [2.24, 2.45) is 0 Å². The standard InChI is InChI=1S/C15H14O5S/c1-18-15(17)3-2-10(16)14-7-9-6-11-12(8-13(9)21-14)20-5-4-19-11/h6-8H,2-5H2,1H3. The second-order valence-electron chi connectivity index (χ2n) is 4.64. The third kappa shape index (κ3) is 2.85. The van der Waals surface area contributed by atoms with Crippen LogP contribution in [0.15, 0.2) is 18.2 Å². The van der Waals surface area contributed by atoms with E-state index in [1.165, 1.54) is 18.4 Å². The number of hydrogen-bond donors (Lipinski definition) is 0. The van der Waals surface area contributed by atoms with Gasteiger partial charge in [-0.3, -0.25) is 9.59 Å². The summed E-state index contributed by atoms with van der Waals surface area (Å²) in [7, 11) is 1.32. The molecule has 1 aliphatic rings. The third-order valence-corrected chi connectivity index (χ3v) is 4.38. The maximum atomic E-state index is 12.1. The Balaban J connectivity index is 1.83. The van der Waals surface area contributed by atoms with E-state index < -0.39 is 0 Å². The highest BCUT2D eigenvalue weighted by Crippen LogP contribution is 2.38. The molecule has 0 atom stereocenters. The van der Waals surface area contributed by atoms with Crippen LogP contribution in [0.25, 0.3) is 10.1 Å². The fourth-order valence-electron chi connectivity index (χ4n) is 2.15. The summed E-state index contributed by atoms with van der Waals surface area (Å²) in [6.45, 7) is 1.07. The molecule has 1 aliphatic heterocycles. The van der Waals surface area contributed by atoms with E-state index in [1.807, 2.05) is 18.2 Å². The van der Waals surface area contributed by atoms with Crippen molar-refractivity contribution in [2.75, 3.05) is 20.3 Å². The van der Waals surface area contributed by atoms with Crippen LogP contribution in [-0.4, -0.2) is 32.1 Å². The van der Waals surface area contributed by atoms with E-state index in [9.17, 15) is 9.59 Å². The molecule has 21 heavy (non-hydrogen) atoms. The molecule has 0 amide bonds. The molecule has 2 aromatic rings. The van der Waals surface area contributed by atoms with Crippen LogP contribution in [0.5, 0.6) is 11.5 Å². The summed E-state index contributed by atoms with van der Waals surface area (Å²) in [6, 6.07) is 5.61. The van der Waals surface area contributed by atoms with Gasteiger partial charge in [-0.25, -0.2) is 0 Å². The molecule has 0 bridgehead atoms. The molecule has 1 aromatic carbocycles. The molecule has 6 heteroatoms. The van der Waals surface area contributed by atoms with E-state index in [0.717, 1.165) is 10.1 Å². The number of hydrogen-bond acceptors (Lipinski definition) is 6. The van der Waals surface area contributed by atoms with Gasteiger partial charge >= 0.3 is 5.97 Å². The number of methoxy groups -OCH3 is 1. The summed E-state index contributed by atoms with van der Waals surface area (Å²) in [5.74, 6) is 0.993. The highest BCUT2D eigenvalue weighted by Gasteiger charge is 2.17. The zero-order valence-corrected chi connectivity index (χ0v) is 12.3. The Morgan fingerprint density at radius 2 is 1.86 bits per heavy atom. The van der Waals surface area contributed by atoms with Gasteiger partial charge < -0.3 is 14.2 Å². The van der Waals surface area contributed by atoms with Crippen molar-refractivity contribution in [1.82, 2.24) is 0 Å². The molecule has 0 radical (unpaired) electrons. The van der Waals surface area contributed by atoms with Crippen LogP contribution in [0.4, 0.5) is 0 Å². The van der Waals surface area contributed by atoms with Crippen LogP contribution < -0.4 is 9.47 Å². The summed E-state index contributed by atoms with van der Waals surface area (Å²) in [5.41, 5.74) is 0. The second kappa shape index (κ2) is 5.73. The number of thiophene rings is 1. The molecule has 1 aromatic heterocycles. The third-order valence-electron chi connectivity index (χ3n) is 3.24. The molecule has 0 aliphatic carbocycles. The first-order valence-corrected chi connectivity index (χ1v) is 7.42. The summed E-state index contributed by atoms with van der Waals surface area (Å²) >= 11 is 1.40. The Labute approximate surface area is 125 Å². The minimum Gasteiger partial charge on any atom is -0.486 e. The van der Waals surface area contributed by atoms with Crippen LogP contribution in [0, 0.1) is 0 Å². The van der Waals surface area contributed by atoms with E-state index in [2.05, 4.69) is 4.74 Å². The Morgan fingerprint density at radius 3 is 2.57 bits per heavy atom. The summed E-state index contributed by atoms with van der Waals surface area (Å²) < 4.78 is 16.6. The molecule has 0 N–H and O–H groups in total. The number of Topliss-reactive ketones (excluding diaryl/α,β-unsaturated/α-hetero) is 1. The van der Waals surface area contributed by atoms with Crippen molar-refractivity contribution < 1.29 is 23.8 Å². The minimum absolute atomic E-state index is 0.0543. The molecular weight excluding hydrogens is 292 g/mol. The summed E-state index contributed by atoms with van der Waals surface area (Å²) in [5, 5.41) is 0.950. The topological polar surface area (TPSA) is 61.8 Å². The average Bonchev–Trinajstić information content (AvgIpc) is 2.92. The van der Waals surface area contributed by atoms with Crippen molar-refractivity contribution in [3.8, 4) is 11.5 Å². The van der Waals surface area contributed by atoms with Crippen molar-refractivity contribution in [1.29, 1.82) is 0 Å². The monoisotopic (exact) mass is 306 g/mol. The molecule has 0 saturated heterocycles. The summed E-state index contributed by atoms with van der Waals surface area (Å²) in [4.78, 5) is 23.8. The second-order valence-corrected chi connectivity index (χ2v) is 5.73. The lowest BCUT2D eigenvalue weighted by Crippen LogP contribution is -2.14. The van der Waals surface area contributed by atoms with E-state index in [-0.39, 0.29) is 24.6 Å². The van der Waals surface area contributed by atoms with Crippen LogP contribution >= 0.6 is 11.3 Å². The largest absolute Gasteiger partial charge is 0.486 e. The average molecular weight is 306 g/mol. The van der Waals surface area contributed by atoms with Gasteiger partial charge in [0.1, 0.15) is 13.2 Å². The predicted molar refractivity (Wildman–Crippen MR) is 78.4 cm³/mol. The van der Waals surface area contributed by atoms with Gasteiger partial charge in [0.15, 0.2) is 17.3 Å². The minimum atomic E-state index is -0.373. The molecule has 110 valence electrons. The lowest BCUT2D eigenvalue weighted by Gasteiger charge is -2.17. The molecular formula is C15H14O5S. The molecule has 0 fully saturated rings. The van der Waals surface area contributed by atoms with Gasteiger partial charge in [0.25, 0.3) is 0 Å². The Bertz CT molecular complexity index is 660. The first kappa shape index (κ1) is 13.9. The maximum absolute atomic E-state index is 12.1.